The topological polar surface area (TPSA) is 33.6 Å². The van der Waals surface area contributed by atoms with E-state index >= 15 is 0 Å². The van der Waals surface area contributed by atoms with Crippen molar-refractivity contribution in [3.8, 4) is 5.75 Å². The zero-order valence-electron chi connectivity index (χ0n) is 8.53. The Labute approximate surface area is 104 Å². The molecule has 0 saturated carbocycles. The van der Waals surface area contributed by atoms with Crippen molar-refractivity contribution in [3.63, 3.8) is 0 Å². The van der Waals surface area contributed by atoms with E-state index in [1.54, 1.807) is 7.11 Å². The van der Waals surface area contributed by atoms with Gasteiger partial charge in [0.05, 0.1) is 12.8 Å². The van der Waals surface area contributed by atoms with E-state index < -0.39 is 0 Å². The summed E-state index contributed by atoms with van der Waals surface area (Å²) in [6.07, 6.45) is 1.88. The number of nitrogens with one attached hydrogen (secondary N) is 1. The van der Waals surface area contributed by atoms with E-state index in [-0.39, 0.29) is 0 Å². The van der Waals surface area contributed by atoms with Gasteiger partial charge in [0.15, 0.2) is 10.3 Å². The average Bonchev–Trinajstić information content (AvgIpc) is 2.59. The first-order valence-corrected chi connectivity index (χ1v) is 5.39. The largest absolute Gasteiger partial charge is 0.497 e. The molecule has 1 heterocycles. The predicted octanol–water partition coefficient (Wildman–Crippen LogP) is 2.56. The first kappa shape index (κ1) is 11.1. The van der Waals surface area contributed by atoms with Crippen LogP contribution < -0.4 is 10.1 Å². The van der Waals surface area contributed by atoms with Gasteiger partial charge in [0.1, 0.15) is 5.75 Å². The second kappa shape index (κ2) is 4.63. The lowest BCUT2D eigenvalue weighted by Gasteiger charge is -2.01. The molecule has 0 aliphatic carbocycles. The molecule has 0 atom stereocenters. The van der Waals surface area contributed by atoms with Gasteiger partial charge in [-0.05, 0) is 36.0 Å². The van der Waals surface area contributed by atoms with Crippen LogP contribution in [0.3, 0.4) is 0 Å². The minimum absolute atomic E-state index is 0.390. The van der Waals surface area contributed by atoms with Crippen molar-refractivity contribution in [3.05, 3.63) is 35.5 Å². The van der Waals surface area contributed by atoms with E-state index in [0.717, 1.165) is 17.0 Å². The number of aliphatic imine (C=N–C) groups is 1. The number of thiocarbonyl (C=S) groups is 1. The molecular weight excluding hydrogens is 244 g/mol. The van der Waals surface area contributed by atoms with E-state index in [0.29, 0.717) is 10.3 Å². The standard InChI is InChI=1S/C11H9ClN2OS/c1-15-8-4-2-7(3-5-8)6-9-10(12)14-11(16)13-9/h2-6H,1H3,(H,13,16)/b9-6+. The molecule has 0 unspecified atom stereocenters. The molecule has 1 N–H and O–H groups in total. The first-order chi connectivity index (χ1) is 7.69. The Morgan fingerprint density at radius 2 is 2.06 bits per heavy atom. The number of benzene rings is 1. The van der Waals surface area contributed by atoms with Crippen LogP contribution in [0.2, 0.25) is 0 Å². The van der Waals surface area contributed by atoms with Crippen LogP contribution in [-0.4, -0.2) is 17.4 Å². The maximum Gasteiger partial charge on any atom is 0.198 e. The lowest BCUT2D eigenvalue weighted by Crippen LogP contribution is -2.12. The minimum atomic E-state index is 0.390. The van der Waals surface area contributed by atoms with Crippen LogP contribution in [-0.2, 0) is 0 Å². The zero-order valence-corrected chi connectivity index (χ0v) is 10.1. The maximum atomic E-state index is 5.89. The van der Waals surface area contributed by atoms with Crippen LogP contribution >= 0.6 is 23.8 Å². The molecular formula is C11H9ClN2OS. The molecule has 1 aliphatic rings. The van der Waals surface area contributed by atoms with Crippen molar-refractivity contribution in [2.45, 2.75) is 0 Å². The van der Waals surface area contributed by atoms with E-state index in [9.17, 15) is 0 Å². The lowest BCUT2D eigenvalue weighted by atomic mass is 10.2. The molecule has 0 spiro atoms. The summed E-state index contributed by atoms with van der Waals surface area (Å²) in [6, 6.07) is 7.62. The SMILES string of the molecule is COc1ccc(/C=C2/NC(=S)N=C2Cl)cc1. The lowest BCUT2D eigenvalue weighted by molar-refractivity contribution is 0.415. The number of rotatable bonds is 2. The molecule has 0 radical (unpaired) electrons. The third-order valence-corrected chi connectivity index (χ3v) is 2.57. The second-order valence-electron chi connectivity index (χ2n) is 3.16. The fourth-order valence-corrected chi connectivity index (χ4v) is 1.74. The smallest absolute Gasteiger partial charge is 0.198 e. The maximum absolute atomic E-state index is 5.89. The van der Waals surface area contributed by atoms with Gasteiger partial charge in [-0.1, -0.05) is 23.7 Å². The van der Waals surface area contributed by atoms with Crippen molar-refractivity contribution in [2.24, 2.45) is 4.99 Å². The number of halogens is 1. The number of allylic oxidation sites excluding steroid dienone is 1. The summed E-state index contributed by atoms with van der Waals surface area (Å²) in [7, 11) is 1.63. The van der Waals surface area contributed by atoms with Gasteiger partial charge in [-0.15, -0.1) is 0 Å². The summed E-state index contributed by atoms with van der Waals surface area (Å²) in [5, 5.41) is 3.69. The summed E-state index contributed by atoms with van der Waals surface area (Å²) in [5.41, 5.74) is 1.72. The first-order valence-electron chi connectivity index (χ1n) is 4.60. The number of nitrogens with zero attached hydrogens (tertiary/aromatic N) is 1. The Bertz CT molecular complexity index is 479. The molecule has 0 amide bonds. The fraction of sp³-hybridized carbons (Fsp3) is 0.0909. The molecule has 0 aromatic heterocycles. The number of hydrogen-bond donors (Lipinski definition) is 1. The van der Waals surface area contributed by atoms with Gasteiger partial charge in [-0.2, -0.15) is 0 Å². The fourth-order valence-electron chi connectivity index (χ4n) is 1.31. The third kappa shape index (κ3) is 2.40. The molecule has 0 saturated heterocycles. The van der Waals surface area contributed by atoms with Crippen LogP contribution in [0.15, 0.2) is 35.0 Å². The van der Waals surface area contributed by atoms with Gasteiger partial charge in [0.25, 0.3) is 0 Å². The van der Waals surface area contributed by atoms with Crippen molar-refractivity contribution in [1.29, 1.82) is 0 Å². The van der Waals surface area contributed by atoms with Crippen molar-refractivity contribution < 1.29 is 4.74 Å². The highest BCUT2D eigenvalue weighted by Crippen LogP contribution is 2.16. The van der Waals surface area contributed by atoms with Gasteiger partial charge in [0, 0.05) is 0 Å². The van der Waals surface area contributed by atoms with Crippen LogP contribution in [0, 0.1) is 0 Å². The predicted molar refractivity (Wildman–Crippen MR) is 70.0 cm³/mol. The molecule has 3 nitrogen and oxygen atoms in total. The molecule has 1 aliphatic heterocycles. The van der Waals surface area contributed by atoms with Crippen molar-refractivity contribution in [1.82, 2.24) is 5.32 Å². The molecule has 1 aromatic rings. The molecule has 1 aromatic carbocycles. The number of methoxy groups -OCH3 is 1. The molecule has 0 fully saturated rings. The van der Waals surface area contributed by atoms with Gasteiger partial charge < -0.3 is 10.1 Å². The summed E-state index contributed by atoms with van der Waals surface area (Å²) in [4.78, 5) is 3.91. The normalized spacial score (nSPS) is 17.2. The third-order valence-electron chi connectivity index (χ3n) is 2.09. The van der Waals surface area contributed by atoms with Crippen LogP contribution in [0.25, 0.3) is 6.08 Å². The van der Waals surface area contributed by atoms with Gasteiger partial charge in [-0.3, -0.25) is 0 Å². The highest BCUT2D eigenvalue weighted by Gasteiger charge is 2.13. The Morgan fingerprint density at radius 3 is 2.56 bits per heavy atom. The van der Waals surface area contributed by atoms with E-state index in [1.165, 1.54) is 0 Å². The zero-order chi connectivity index (χ0) is 11.5. The van der Waals surface area contributed by atoms with Gasteiger partial charge in [0.2, 0.25) is 0 Å². The van der Waals surface area contributed by atoms with Crippen molar-refractivity contribution in [2.75, 3.05) is 7.11 Å². The number of ether oxygens (including phenoxy) is 1. The molecule has 82 valence electrons. The highest BCUT2D eigenvalue weighted by atomic mass is 35.5. The summed E-state index contributed by atoms with van der Waals surface area (Å²) in [5.74, 6) is 0.816. The Hall–Kier alpha value is -1.39. The van der Waals surface area contributed by atoms with Crippen LogP contribution in [0.4, 0.5) is 0 Å². The Morgan fingerprint density at radius 1 is 1.38 bits per heavy atom. The summed E-state index contributed by atoms with van der Waals surface area (Å²) in [6.45, 7) is 0. The quantitative estimate of drug-likeness (QED) is 0.822. The molecule has 0 bridgehead atoms. The Balaban J connectivity index is 2.23. The van der Waals surface area contributed by atoms with Crippen LogP contribution in [0.1, 0.15) is 5.56 Å². The van der Waals surface area contributed by atoms with E-state index in [1.807, 2.05) is 30.3 Å². The highest BCUT2D eigenvalue weighted by molar-refractivity contribution is 7.80. The van der Waals surface area contributed by atoms with Gasteiger partial charge >= 0.3 is 0 Å². The monoisotopic (exact) mass is 252 g/mol. The van der Waals surface area contributed by atoms with E-state index in [4.69, 9.17) is 28.6 Å². The molecule has 5 heteroatoms. The van der Waals surface area contributed by atoms with Crippen molar-refractivity contribution >= 4 is 40.2 Å². The summed E-state index contributed by atoms with van der Waals surface area (Å²) >= 11 is 10.8. The van der Waals surface area contributed by atoms with Crippen LogP contribution in [0.5, 0.6) is 5.75 Å². The summed E-state index contributed by atoms with van der Waals surface area (Å²) < 4.78 is 5.07. The number of hydrogen-bond acceptors (Lipinski definition) is 2. The minimum Gasteiger partial charge on any atom is -0.497 e. The molecule has 16 heavy (non-hydrogen) atoms. The van der Waals surface area contributed by atoms with E-state index in [2.05, 4.69) is 10.3 Å². The second-order valence-corrected chi connectivity index (χ2v) is 3.91. The average molecular weight is 253 g/mol. The van der Waals surface area contributed by atoms with Gasteiger partial charge in [-0.25, -0.2) is 4.99 Å². The Kier molecular flexibility index (Phi) is 3.22. The molecule has 2 rings (SSSR count).